The minimum atomic E-state index is -1.02. The van der Waals surface area contributed by atoms with Gasteiger partial charge in [0.05, 0.1) is 6.10 Å². The molecule has 0 aliphatic carbocycles. The van der Waals surface area contributed by atoms with Crippen LogP contribution in [0.3, 0.4) is 0 Å². The van der Waals surface area contributed by atoms with E-state index in [4.69, 9.17) is 9.84 Å². The van der Waals surface area contributed by atoms with Crippen LogP contribution in [-0.4, -0.2) is 42.4 Å². The Kier molecular flexibility index (Phi) is 8.11. The van der Waals surface area contributed by atoms with Crippen molar-refractivity contribution in [3.05, 3.63) is 0 Å². The molecule has 106 valence electrons. The molecule has 0 aromatic heterocycles. The molecule has 0 saturated heterocycles. The highest BCUT2D eigenvalue weighted by atomic mass is 16.5. The molecule has 0 aromatic carbocycles. The fraction of sp³-hybridized carbons (Fsp3) is 0.833. The first-order valence-corrected chi connectivity index (χ1v) is 6.23. The standard InChI is InChI=1S/C12H24N2O4/c1-8(2)10(11(15)16)14-12(17)13-6-5-7-18-9(3)4/h8-10H,5-7H2,1-4H3,(H,15,16)(H2,13,14,17). The van der Waals surface area contributed by atoms with Crippen LogP contribution >= 0.6 is 0 Å². The van der Waals surface area contributed by atoms with E-state index in [9.17, 15) is 9.59 Å². The number of urea groups is 1. The highest BCUT2D eigenvalue weighted by molar-refractivity contribution is 5.82. The van der Waals surface area contributed by atoms with Crippen molar-refractivity contribution in [3.8, 4) is 0 Å². The van der Waals surface area contributed by atoms with Crippen LogP contribution in [0.2, 0.25) is 0 Å². The minimum Gasteiger partial charge on any atom is -0.480 e. The van der Waals surface area contributed by atoms with Gasteiger partial charge in [-0.1, -0.05) is 13.8 Å². The Morgan fingerprint density at radius 3 is 2.28 bits per heavy atom. The maximum Gasteiger partial charge on any atom is 0.326 e. The largest absolute Gasteiger partial charge is 0.480 e. The summed E-state index contributed by atoms with van der Waals surface area (Å²) in [5, 5.41) is 13.9. The summed E-state index contributed by atoms with van der Waals surface area (Å²) in [6.07, 6.45) is 0.876. The lowest BCUT2D eigenvalue weighted by atomic mass is 10.1. The molecule has 0 radical (unpaired) electrons. The Morgan fingerprint density at radius 2 is 1.83 bits per heavy atom. The van der Waals surface area contributed by atoms with E-state index in [1.54, 1.807) is 13.8 Å². The van der Waals surface area contributed by atoms with E-state index >= 15 is 0 Å². The predicted octanol–water partition coefficient (Wildman–Crippen LogP) is 1.21. The Bertz CT molecular complexity index is 267. The van der Waals surface area contributed by atoms with Crippen molar-refractivity contribution in [3.63, 3.8) is 0 Å². The molecule has 6 nitrogen and oxygen atoms in total. The van der Waals surface area contributed by atoms with Crippen LogP contribution in [0.1, 0.15) is 34.1 Å². The highest BCUT2D eigenvalue weighted by Gasteiger charge is 2.22. The van der Waals surface area contributed by atoms with Gasteiger partial charge < -0.3 is 20.5 Å². The van der Waals surface area contributed by atoms with E-state index in [1.807, 2.05) is 13.8 Å². The van der Waals surface area contributed by atoms with Crippen molar-refractivity contribution >= 4 is 12.0 Å². The summed E-state index contributed by atoms with van der Waals surface area (Å²) < 4.78 is 5.32. The first kappa shape index (κ1) is 16.7. The first-order valence-electron chi connectivity index (χ1n) is 6.23. The molecule has 0 aliphatic rings. The zero-order valence-electron chi connectivity index (χ0n) is 11.5. The summed E-state index contributed by atoms with van der Waals surface area (Å²) in [6, 6.07) is -1.32. The topological polar surface area (TPSA) is 87.7 Å². The van der Waals surface area contributed by atoms with Gasteiger partial charge in [-0.05, 0) is 26.2 Å². The van der Waals surface area contributed by atoms with E-state index in [0.29, 0.717) is 19.6 Å². The number of amides is 2. The molecule has 0 aliphatic heterocycles. The maximum atomic E-state index is 11.4. The molecule has 18 heavy (non-hydrogen) atoms. The van der Waals surface area contributed by atoms with Crippen LogP contribution in [0.4, 0.5) is 4.79 Å². The summed E-state index contributed by atoms with van der Waals surface area (Å²) in [6.45, 7) is 8.42. The lowest BCUT2D eigenvalue weighted by Gasteiger charge is -2.18. The van der Waals surface area contributed by atoms with Gasteiger partial charge in [-0.15, -0.1) is 0 Å². The van der Waals surface area contributed by atoms with Gasteiger partial charge in [-0.2, -0.15) is 0 Å². The lowest BCUT2D eigenvalue weighted by Crippen LogP contribution is -2.48. The minimum absolute atomic E-state index is 0.155. The van der Waals surface area contributed by atoms with Gasteiger partial charge in [0.1, 0.15) is 6.04 Å². The fourth-order valence-electron chi connectivity index (χ4n) is 1.30. The van der Waals surface area contributed by atoms with Crippen LogP contribution in [0, 0.1) is 5.92 Å². The van der Waals surface area contributed by atoms with Gasteiger partial charge in [0.25, 0.3) is 0 Å². The molecule has 3 N–H and O–H groups in total. The van der Waals surface area contributed by atoms with Crippen LogP contribution in [-0.2, 0) is 9.53 Å². The number of aliphatic carboxylic acids is 1. The molecular formula is C12H24N2O4. The normalized spacial score (nSPS) is 12.6. The number of hydrogen-bond acceptors (Lipinski definition) is 3. The third kappa shape index (κ3) is 7.89. The molecule has 0 heterocycles. The number of hydrogen-bond donors (Lipinski definition) is 3. The Hall–Kier alpha value is -1.30. The summed E-state index contributed by atoms with van der Waals surface area (Å²) in [4.78, 5) is 22.3. The van der Waals surface area contributed by atoms with Gasteiger partial charge in [0.15, 0.2) is 0 Å². The number of nitrogens with one attached hydrogen (secondary N) is 2. The Morgan fingerprint density at radius 1 is 1.22 bits per heavy atom. The van der Waals surface area contributed by atoms with Crippen molar-refractivity contribution in [1.29, 1.82) is 0 Å². The monoisotopic (exact) mass is 260 g/mol. The smallest absolute Gasteiger partial charge is 0.326 e. The number of carbonyl (C=O) groups is 2. The van der Waals surface area contributed by atoms with Crippen molar-refractivity contribution in [2.45, 2.75) is 46.3 Å². The Balaban J connectivity index is 3.79. The van der Waals surface area contributed by atoms with Gasteiger partial charge in [0, 0.05) is 13.2 Å². The molecular weight excluding hydrogens is 236 g/mol. The molecule has 0 bridgehead atoms. The molecule has 0 spiro atoms. The van der Waals surface area contributed by atoms with E-state index in [1.165, 1.54) is 0 Å². The number of carboxylic acid groups (broad SMARTS) is 1. The van der Waals surface area contributed by atoms with E-state index < -0.39 is 18.0 Å². The summed E-state index contributed by atoms with van der Waals surface area (Å²) in [5.41, 5.74) is 0. The quantitative estimate of drug-likeness (QED) is 0.572. The molecule has 2 amide bonds. The predicted molar refractivity (Wildman–Crippen MR) is 68.5 cm³/mol. The zero-order valence-corrected chi connectivity index (χ0v) is 11.5. The fourth-order valence-corrected chi connectivity index (χ4v) is 1.30. The number of rotatable bonds is 8. The SMILES string of the molecule is CC(C)OCCCNC(=O)NC(C(=O)O)C(C)C. The van der Waals surface area contributed by atoms with E-state index in [0.717, 1.165) is 0 Å². The third-order valence-electron chi connectivity index (χ3n) is 2.28. The number of carboxylic acids is 1. The zero-order chi connectivity index (χ0) is 14.1. The van der Waals surface area contributed by atoms with Crippen LogP contribution < -0.4 is 10.6 Å². The molecule has 6 heteroatoms. The summed E-state index contributed by atoms with van der Waals surface area (Å²) >= 11 is 0. The van der Waals surface area contributed by atoms with E-state index in [-0.39, 0.29) is 12.0 Å². The first-order chi connectivity index (χ1) is 8.34. The van der Waals surface area contributed by atoms with Gasteiger partial charge in [-0.3, -0.25) is 0 Å². The average molecular weight is 260 g/mol. The lowest BCUT2D eigenvalue weighted by molar-refractivity contribution is -0.140. The summed E-state index contributed by atoms with van der Waals surface area (Å²) in [5.74, 6) is -1.18. The second-order valence-electron chi connectivity index (χ2n) is 4.73. The molecule has 0 fully saturated rings. The van der Waals surface area contributed by atoms with Crippen LogP contribution in [0.25, 0.3) is 0 Å². The van der Waals surface area contributed by atoms with E-state index in [2.05, 4.69) is 10.6 Å². The average Bonchev–Trinajstić information content (AvgIpc) is 2.24. The van der Waals surface area contributed by atoms with Gasteiger partial charge in [0.2, 0.25) is 0 Å². The second kappa shape index (κ2) is 8.74. The van der Waals surface area contributed by atoms with Crippen LogP contribution in [0.15, 0.2) is 0 Å². The summed E-state index contributed by atoms with van der Waals surface area (Å²) in [7, 11) is 0. The number of carbonyl (C=O) groups excluding carboxylic acids is 1. The highest BCUT2D eigenvalue weighted by Crippen LogP contribution is 2.01. The number of ether oxygens (including phenoxy) is 1. The Labute approximate surface area is 108 Å². The molecule has 0 aromatic rings. The third-order valence-corrected chi connectivity index (χ3v) is 2.28. The van der Waals surface area contributed by atoms with Crippen molar-refractivity contribution in [2.24, 2.45) is 5.92 Å². The van der Waals surface area contributed by atoms with Gasteiger partial charge in [-0.25, -0.2) is 9.59 Å². The molecule has 1 unspecified atom stereocenters. The van der Waals surface area contributed by atoms with Gasteiger partial charge >= 0.3 is 12.0 Å². The molecule has 0 saturated carbocycles. The van der Waals surface area contributed by atoms with Crippen molar-refractivity contribution < 1.29 is 19.4 Å². The van der Waals surface area contributed by atoms with Crippen molar-refractivity contribution in [2.75, 3.05) is 13.2 Å². The molecule has 0 rings (SSSR count). The van der Waals surface area contributed by atoms with Crippen molar-refractivity contribution in [1.82, 2.24) is 10.6 Å². The second-order valence-corrected chi connectivity index (χ2v) is 4.73. The molecule has 1 atom stereocenters. The van der Waals surface area contributed by atoms with Crippen LogP contribution in [0.5, 0.6) is 0 Å². The maximum absolute atomic E-state index is 11.4.